The third kappa shape index (κ3) is 9.26. The first-order chi connectivity index (χ1) is 22.5. The van der Waals surface area contributed by atoms with Crippen molar-refractivity contribution in [3.63, 3.8) is 0 Å². The van der Waals surface area contributed by atoms with Gasteiger partial charge in [0.25, 0.3) is 0 Å². The Morgan fingerprint density at radius 1 is 1.02 bits per heavy atom. The van der Waals surface area contributed by atoms with Crippen molar-refractivity contribution in [2.75, 3.05) is 20.2 Å². The molecule has 1 aliphatic heterocycles. The topological polar surface area (TPSA) is 195 Å². The average molecular weight is 680 g/mol. The molecule has 11 nitrogen and oxygen atoms in total. The molecule has 0 unspecified atom stereocenters. The Hall–Kier alpha value is -1.89. The SMILES string of the molecule is CC(C)CCC[C@@H](C)[C@H]1CC[C@H]2[C@@H]3CC=C4C[C@@H](O)CC[C@]4(C)[C@H]3CC[C@]12C.CN1CC(=O)NC1=N.O=C[C@H](O)[C@@H](O)[C@H](O)[C@H](O)CO. The van der Waals surface area contributed by atoms with Crippen molar-refractivity contribution < 1.29 is 40.2 Å². The summed E-state index contributed by atoms with van der Waals surface area (Å²) in [6, 6.07) is 0. The molecule has 48 heavy (non-hydrogen) atoms. The molecule has 0 spiro atoms. The monoisotopic (exact) mass is 679 g/mol. The molecule has 8 N–H and O–H groups in total. The van der Waals surface area contributed by atoms with Crippen molar-refractivity contribution in [1.82, 2.24) is 10.2 Å². The average Bonchev–Trinajstić information content (AvgIpc) is 3.56. The number of amides is 1. The molecular formula is C37H65N3O8. The van der Waals surface area contributed by atoms with Gasteiger partial charge in [-0.25, -0.2) is 0 Å². The molecule has 3 saturated carbocycles. The fourth-order valence-corrected chi connectivity index (χ4v) is 9.85. The van der Waals surface area contributed by atoms with Crippen molar-refractivity contribution in [3.8, 4) is 0 Å². The zero-order valence-corrected chi connectivity index (χ0v) is 30.1. The summed E-state index contributed by atoms with van der Waals surface area (Å²) in [5.74, 6) is 5.55. The summed E-state index contributed by atoms with van der Waals surface area (Å²) < 4.78 is 0. The van der Waals surface area contributed by atoms with Gasteiger partial charge < -0.3 is 40.3 Å². The second-order valence-electron chi connectivity index (χ2n) is 16.3. The Morgan fingerprint density at radius 3 is 2.25 bits per heavy atom. The summed E-state index contributed by atoms with van der Waals surface area (Å²) in [4.78, 5) is 21.8. The van der Waals surface area contributed by atoms with Gasteiger partial charge >= 0.3 is 0 Å². The Balaban J connectivity index is 0.000000257. The maximum Gasteiger partial charge on any atom is 0.246 e. The fraction of sp³-hybridized carbons (Fsp3) is 0.865. The summed E-state index contributed by atoms with van der Waals surface area (Å²) in [7, 11) is 1.69. The van der Waals surface area contributed by atoms with Crippen LogP contribution in [0.2, 0.25) is 0 Å². The number of guanidine groups is 1. The lowest BCUT2D eigenvalue weighted by Crippen LogP contribution is -2.50. The van der Waals surface area contributed by atoms with Gasteiger partial charge in [0.05, 0.1) is 19.3 Å². The molecule has 0 aromatic rings. The van der Waals surface area contributed by atoms with Crippen molar-refractivity contribution in [2.24, 2.45) is 46.3 Å². The van der Waals surface area contributed by atoms with Crippen LogP contribution >= 0.6 is 0 Å². The molecule has 0 aromatic carbocycles. The number of likely N-dealkylation sites (N-methyl/N-ethyl adjacent to an activating group) is 1. The molecule has 276 valence electrons. The number of rotatable bonds is 10. The number of hydrogen-bond acceptors (Lipinski definition) is 9. The van der Waals surface area contributed by atoms with Crippen molar-refractivity contribution >= 4 is 18.2 Å². The zero-order valence-electron chi connectivity index (χ0n) is 30.1. The number of aliphatic hydroxyl groups is 6. The van der Waals surface area contributed by atoms with Crippen LogP contribution in [0.5, 0.6) is 0 Å². The van der Waals surface area contributed by atoms with Crippen LogP contribution in [0.1, 0.15) is 105 Å². The van der Waals surface area contributed by atoms with Crippen LogP contribution < -0.4 is 5.32 Å². The van der Waals surface area contributed by atoms with Crippen LogP contribution in [0.25, 0.3) is 0 Å². The van der Waals surface area contributed by atoms with Crippen LogP contribution in [0, 0.1) is 51.7 Å². The number of aliphatic hydroxyl groups excluding tert-OH is 6. The smallest absolute Gasteiger partial charge is 0.246 e. The van der Waals surface area contributed by atoms with E-state index in [2.05, 4.69) is 46.0 Å². The third-order valence-electron chi connectivity index (χ3n) is 12.7. The van der Waals surface area contributed by atoms with Crippen LogP contribution in [0.4, 0.5) is 0 Å². The van der Waals surface area contributed by atoms with E-state index in [1.54, 1.807) is 17.5 Å². The Bertz CT molecular complexity index is 1120. The lowest BCUT2D eigenvalue weighted by molar-refractivity contribution is -0.136. The van der Waals surface area contributed by atoms with Gasteiger partial charge in [0.15, 0.2) is 12.2 Å². The molecule has 5 rings (SSSR count). The molecule has 1 heterocycles. The number of nitrogens with zero attached hydrogens (tertiary/aromatic N) is 1. The van der Waals surface area contributed by atoms with Gasteiger partial charge in [0, 0.05) is 7.05 Å². The number of nitrogens with one attached hydrogen (secondary N) is 2. The van der Waals surface area contributed by atoms with E-state index in [0.29, 0.717) is 17.4 Å². The Morgan fingerprint density at radius 2 is 1.71 bits per heavy atom. The summed E-state index contributed by atoms with van der Waals surface area (Å²) in [6.07, 6.45) is 10.3. The Labute approximate surface area is 287 Å². The van der Waals surface area contributed by atoms with E-state index in [1.165, 1.54) is 57.8 Å². The molecular weight excluding hydrogens is 614 g/mol. The molecule has 0 aromatic heterocycles. The molecule has 1 amide bonds. The van der Waals surface area contributed by atoms with Gasteiger partial charge in [-0.1, -0.05) is 65.5 Å². The molecule has 0 radical (unpaired) electrons. The predicted molar refractivity (Wildman–Crippen MR) is 185 cm³/mol. The maximum atomic E-state index is 10.4. The maximum absolute atomic E-state index is 10.4. The van der Waals surface area contributed by atoms with Crippen LogP contribution in [0.3, 0.4) is 0 Å². The Kier molecular flexibility index (Phi) is 14.7. The van der Waals surface area contributed by atoms with Crippen molar-refractivity contribution in [3.05, 3.63) is 11.6 Å². The molecule has 5 aliphatic rings. The number of aldehydes is 1. The number of carbonyl (C=O) groups is 2. The second kappa shape index (κ2) is 17.4. The van der Waals surface area contributed by atoms with Gasteiger partial charge in [0.1, 0.15) is 24.4 Å². The highest BCUT2D eigenvalue weighted by molar-refractivity contribution is 6.02. The summed E-state index contributed by atoms with van der Waals surface area (Å²) in [6.45, 7) is 12.1. The lowest BCUT2D eigenvalue weighted by atomic mass is 9.47. The molecule has 4 aliphatic carbocycles. The van der Waals surface area contributed by atoms with E-state index in [9.17, 15) is 14.7 Å². The first-order valence-corrected chi connectivity index (χ1v) is 18.3. The molecule has 4 fully saturated rings. The van der Waals surface area contributed by atoms with Crippen LogP contribution in [-0.4, -0.2) is 104 Å². The largest absolute Gasteiger partial charge is 0.394 e. The summed E-state index contributed by atoms with van der Waals surface area (Å²) >= 11 is 0. The second-order valence-corrected chi connectivity index (χ2v) is 16.3. The third-order valence-corrected chi connectivity index (χ3v) is 12.7. The minimum absolute atomic E-state index is 0.0258. The van der Waals surface area contributed by atoms with E-state index in [1.807, 2.05) is 0 Å². The highest BCUT2D eigenvalue weighted by Crippen LogP contribution is 2.67. The molecule has 0 bridgehead atoms. The molecule has 11 heteroatoms. The zero-order chi connectivity index (χ0) is 36.0. The van der Waals surface area contributed by atoms with Gasteiger partial charge in [-0.3, -0.25) is 15.5 Å². The molecule has 1 saturated heterocycles. The van der Waals surface area contributed by atoms with Crippen molar-refractivity contribution in [2.45, 2.75) is 136 Å². The standard InChI is InChI=1S/C27H46O.C6H12O6.C4H7N3O/c1-18(2)7-6-8-19(3)23-11-12-24-22-10-9-20-17-21(28)13-15-26(20,4)25(22)14-16-27(23,24)5;7-1-3(9)5(11)6(12)4(10)2-8;1-7-2-3(8)6-4(7)5/h9,18-19,21-25,28H,6-8,10-17H2,1-5H3;1,3-6,8-12H,2H2;2H2,1H3,(H2,5,6,8)/t19-,21+,22+,23-,24+,25+,26+,27-;3-,4+,5+,6+;/m10./s1. The van der Waals surface area contributed by atoms with Crippen LogP contribution in [0.15, 0.2) is 11.6 Å². The minimum atomic E-state index is -1.79. The lowest BCUT2D eigenvalue weighted by Gasteiger charge is -2.58. The van der Waals surface area contributed by atoms with Gasteiger partial charge in [-0.15, -0.1) is 0 Å². The minimum Gasteiger partial charge on any atom is -0.394 e. The van der Waals surface area contributed by atoms with Gasteiger partial charge in [0.2, 0.25) is 5.91 Å². The quantitative estimate of drug-likeness (QED) is 0.127. The number of carbonyl (C=O) groups excluding carboxylic acids is 2. The predicted octanol–water partition coefficient (Wildman–Crippen LogP) is 2.99. The van der Waals surface area contributed by atoms with Gasteiger partial charge in [-0.2, -0.15) is 0 Å². The number of fused-ring (bicyclic) bond motifs is 5. The van der Waals surface area contributed by atoms with E-state index < -0.39 is 31.0 Å². The number of allylic oxidation sites excluding steroid dienone is 1. The highest BCUT2D eigenvalue weighted by Gasteiger charge is 2.59. The van der Waals surface area contributed by atoms with E-state index in [4.69, 9.17) is 30.9 Å². The molecule has 12 atom stereocenters. The van der Waals surface area contributed by atoms with Crippen molar-refractivity contribution in [1.29, 1.82) is 5.41 Å². The highest BCUT2D eigenvalue weighted by atomic mass is 16.4. The summed E-state index contributed by atoms with van der Waals surface area (Å²) in [5.41, 5.74) is 2.60. The fourth-order valence-electron chi connectivity index (χ4n) is 9.85. The van der Waals surface area contributed by atoms with Gasteiger partial charge in [-0.05, 0) is 97.7 Å². The van der Waals surface area contributed by atoms with E-state index >= 15 is 0 Å². The first-order valence-electron chi connectivity index (χ1n) is 18.3. The van der Waals surface area contributed by atoms with E-state index in [-0.39, 0.29) is 24.3 Å². The summed E-state index contributed by atoms with van der Waals surface area (Å²) in [5, 5.41) is 63.1. The normalized spacial score (nSPS) is 35.6. The van der Waals surface area contributed by atoms with Crippen LogP contribution in [-0.2, 0) is 9.59 Å². The number of hydrogen-bond donors (Lipinski definition) is 8. The van der Waals surface area contributed by atoms with E-state index in [0.717, 1.165) is 48.3 Å². The first kappa shape index (κ1) is 40.5.